The molecule has 1 aromatic carbocycles. The summed E-state index contributed by atoms with van der Waals surface area (Å²) in [5.41, 5.74) is 3.17. The summed E-state index contributed by atoms with van der Waals surface area (Å²) in [6.07, 6.45) is 2.78. The second kappa shape index (κ2) is 4.75. The van der Waals surface area contributed by atoms with E-state index in [0.29, 0.717) is 6.04 Å². The summed E-state index contributed by atoms with van der Waals surface area (Å²) >= 11 is 0. The number of fused-ring (bicyclic) bond motifs is 1. The Balaban J connectivity index is 0.00000108. The van der Waals surface area contributed by atoms with Crippen LogP contribution in [0.1, 0.15) is 44.7 Å². The zero-order chi connectivity index (χ0) is 11.3. The normalized spacial score (nSPS) is 27.1. The van der Waals surface area contributed by atoms with Gasteiger partial charge in [-0.2, -0.15) is 24.3 Å². The average Bonchev–Trinajstić information content (AvgIpc) is 3.08. The first-order valence-corrected chi connectivity index (χ1v) is 6.36. The molecule has 89 valence electrons. The summed E-state index contributed by atoms with van der Waals surface area (Å²) in [5, 5.41) is 0. The molecule has 0 bridgehead atoms. The first-order chi connectivity index (χ1) is 7.60. The van der Waals surface area contributed by atoms with Crippen molar-refractivity contribution in [2.75, 3.05) is 0 Å². The minimum Gasteiger partial charge on any atom is -0.296 e. The van der Waals surface area contributed by atoms with E-state index >= 15 is 0 Å². The van der Waals surface area contributed by atoms with E-state index in [1.165, 1.54) is 24.0 Å². The van der Waals surface area contributed by atoms with Gasteiger partial charge in [-0.25, -0.2) is 0 Å². The van der Waals surface area contributed by atoms with E-state index < -0.39 is 0 Å². The Morgan fingerprint density at radius 1 is 1.35 bits per heavy atom. The molecule has 2 heteroatoms. The molecule has 1 fully saturated rings. The van der Waals surface area contributed by atoms with Crippen LogP contribution in [0.25, 0.3) is 0 Å². The fourth-order valence-corrected chi connectivity index (χ4v) is 3.02. The van der Waals surface area contributed by atoms with Crippen LogP contribution in [0.15, 0.2) is 18.2 Å². The van der Waals surface area contributed by atoms with Gasteiger partial charge in [0.2, 0.25) is 0 Å². The maximum Gasteiger partial charge on any atom is 0.0102 e. The van der Waals surface area contributed by atoms with Crippen LogP contribution in [0.4, 0.5) is 0 Å². The monoisotopic (exact) mass is 303 g/mol. The van der Waals surface area contributed by atoms with Crippen molar-refractivity contribution in [3.8, 4) is 0 Å². The minimum absolute atomic E-state index is 0. The van der Waals surface area contributed by atoms with E-state index in [0.717, 1.165) is 12.6 Å². The van der Waals surface area contributed by atoms with Crippen LogP contribution < -0.4 is 0 Å². The standard InChI is InChI=1S/C15H20N.Y/c1-11-15(2,3)14-7-5-4-6-12(14)10-16(11)13-8-9-13;/h4-5,7,11,13H,8-10H2,1-3H3;/q-1;. The summed E-state index contributed by atoms with van der Waals surface area (Å²) in [7, 11) is 0. The minimum atomic E-state index is 0. The van der Waals surface area contributed by atoms with E-state index in [4.69, 9.17) is 0 Å². The molecule has 0 saturated heterocycles. The molecule has 17 heavy (non-hydrogen) atoms. The Bertz CT molecular complexity index is 409. The van der Waals surface area contributed by atoms with Crippen LogP contribution >= 0.6 is 0 Å². The van der Waals surface area contributed by atoms with E-state index in [1.54, 1.807) is 0 Å². The molecule has 0 amide bonds. The molecule has 1 atom stereocenters. The van der Waals surface area contributed by atoms with Crippen molar-refractivity contribution in [2.24, 2.45) is 0 Å². The molecule has 1 radical (unpaired) electrons. The third-order valence-electron chi connectivity index (χ3n) is 4.53. The van der Waals surface area contributed by atoms with Gasteiger partial charge in [-0.05, 0) is 25.2 Å². The van der Waals surface area contributed by atoms with Crippen molar-refractivity contribution in [1.82, 2.24) is 4.90 Å². The second-order valence-corrected chi connectivity index (χ2v) is 5.86. The number of hydrogen-bond acceptors (Lipinski definition) is 1. The molecule has 1 heterocycles. The van der Waals surface area contributed by atoms with Crippen LogP contribution in [-0.4, -0.2) is 17.0 Å². The van der Waals surface area contributed by atoms with Crippen LogP contribution in [0, 0.1) is 6.07 Å². The van der Waals surface area contributed by atoms with Crippen molar-refractivity contribution in [3.63, 3.8) is 0 Å². The SMILES string of the molecule is CC1N(C2CC2)Cc2[c-]cccc2C1(C)C.[Y]. The smallest absolute Gasteiger partial charge is 0.0102 e. The summed E-state index contributed by atoms with van der Waals surface area (Å²) in [6.45, 7) is 8.23. The van der Waals surface area contributed by atoms with E-state index in [1.807, 2.05) is 0 Å². The third-order valence-corrected chi connectivity index (χ3v) is 4.53. The van der Waals surface area contributed by atoms with Crippen LogP contribution in [0.2, 0.25) is 0 Å². The maximum atomic E-state index is 3.44. The van der Waals surface area contributed by atoms with Crippen molar-refractivity contribution in [1.29, 1.82) is 0 Å². The summed E-state index contributed by atoms with van der Waals surface area (Å²) in [5.74, 6) is 0. The van der Waals surface area contributed by atoms with Gasteiger partial charge in [0.05, 0.1) is 0 Å². The molecule has 3 rings (SSSR count). The van der Waals surface area contributed by atoms with Crippen molar-refractivity contribution in [2.45, 2.75) is 57.7 Å². The number of nitrogens with zero attached hydrogens (tertiary/aromatic N) is 1. The zero-order valence-corrected chi connectivity index (χ0v) is 13.9. The number of hydrogen-bond donors (Lipinski definition) is 0. The molecule has 1 aliphatic carbocycles. The Morgan fingerprint density at radius 2 is 2.06 bits per heavy atom. The summed E-state index contributed by atoms with van der Waals surface area (Å²) in [6, 6.07) is 11.4. The fourth-order valence-electron chi connectivity index (χ4n) is 3.02. The van der Waals surface area contributed by atoms with Gasteiger partial charge >= 0.3 is 0 Å². The Labute approximate surface area is 130 Å². The van der Waals surface area contributed by atoms with Gasteiger partial charge in [-0.1, -0.05) is 13.8 Å². The van der Waals surface area contributed by atoms with Gasteiger partial charge < -0.3 is 0 Å². The number of benzene rings is 1. The molecule has 2 aliphatic rings. The van der Waals surface area contributed by atoms with Gasteiger partial charge in [0.1, 0.15) is 0 Å². The molecule has 1 saturated carbocycles. The summed E-state index contributed by atoms with van der Waals surface area (Å²) < 4.78 is 0. The first-order valence-electron chi connectivity index (χ1n) is 6.36. The van der Waals surface area contributed by atoms with Crippen LogP contribution in [0.5, 0.6) is 0 Å². The van der Waals surface area contributed by atoms with Crippen molar-refractivity contribution < 1.29 is 32.7 Å². The molecule has 1 unspecified atom stereocenters. The van der Waals surface area contributed by atoms with E-state index in [9.17, 15) is 0 Å². The van der Waals surface area contributed by atoms with E-state index in [-0.39, 0.29) is 38.1 Å². The Hall–Kier alpha value is 0.284. The largest absolute Gasteiger partial charge is 0.296 e. The molecular formula is C15H20NY-. The predicted octanol–water partition coefficient (Wildman–Crippen LogP) is 3.13. The second-order valence-electron chi connectivity index (χ2n) is 5.86. The topological polar surface area (TPSA) is 3.24 Å². The van der Waals surface area contributed by atoms with Gasteiger partial charge in [-0.15, -0.1) is 11.1 Å². The fraction of sp³-hybridized carbons (Fsp3) is 0.600. The molecular weight excluding hydrogens is 283 g/mol. The maximum absolute atomic E-state index is 3.44. The predicted molar refractivity (Wildman–Crippen MR) is 66.3 cm³/mol. The molecule has 0 spiro atoms. The van der Waals surface area contributed by atoms with Crippen molar-refractivity contribution in [3.05, 3.63) is 35.4 Å². The molecule has 1 aliphatic heterocycles. The summed E-state index contributed by atoms with van der Waals surface area (Å²) in [4.78, 5) is 2.68. The Morgan fingerprint density at radius 3 is 2.71 bits per heavy atom. The number of rotatable bonds is 1. The molecule has 1 aromatic rings. The van der Waals surface area contributed by atoms with Crippen LogP contribution in [-0.2, 0) is 44.7 Å². The zero-order valence-electron chi connectivity index (χ0n) is 11.0. The average molecular weight is 303 g/mol. The van der Waals surface area contributed by atoms with Gasteiger partial charge in [0, 0.05) is 51.3 Å². The molecule has 1 nitrogen and oxygen atoms in total. The third kappa shape index (κ3) is 2.27. The molecule has 0 N–H and O–H groups in total. The molecule has 0 aromatic heterocycles. The first kappa shape index (κ1) is 13.7. The Kier molecular flexibility index (Phi) is 3.83. The van der Waals surface area contributed by atoms with Gasteiger partial charge in [-0.3, -0.25) is 4.90 Å². The quantitative estimate of drug-likeness (QED) is 0.721. The van der Waals surface area contributed by atoms with E-state index in [2.05, 4.69) is 49.9 Å². The van der Waals surface area contributed by atoms with Gasteiger partial charge in [0.25, 0.3) is 0 Å². The van der Waals surface area contributed by atoms with Crippen molar-refractivity contribution >= 4 is 0 Å². The van der Waals surface area contributed by atoms with Crippen LogP contribution in [0.3, 0.4) is 0 Å². The van der Waals surface area contributed by atoms with Gasteiger partial charge in [0.15, 0.2) is 0 Å².